The number of para-hydroxylation sites is 1. The maximum atomic E-state index is 12.8. The maximum absolute atomic E-state index is 12.8. The lowest BCUT2D eigenvalue weighted by Crippen LogP contribution is -2.47. The minimum atomic E-state index is 0.0975. The third kappa shape index (κ3) is 7.30. The molecule has 196 valence electrons. The molecule has 6 nitrogen and oxygen atoms in total. The number of nitrogens with zero attached hydrogens (tertiary/aromatic N) is 5. The van der Waals surface area contributed by atoms with E-state index in [1.165, 1.54) is 0 Å². The van der Waals surface area contributed by atoms with Gasteiger partial charge in [-0.2, -0.15) is 0 Å². The number of thioether (sulfide) groups is 1. The number of rotatable bonds is 10. The van der Waals surface area contributed by atoms with E-state index in [9.17, 15) is 4.79 Å². The molecule has 0 spiro atoms. The number of hydrogen-bond donors (Lipinski definition) is 0. The highest BCUT2D eigenvalue weighted by Crippen LogP contribution is 2.29. The van der Waals surface area contributed by atoms with Gasteiger partial charge in [0, 0.05) is 56.7 Å². The molecule has 1 fully saturated rings. The van der Waals surface area contributed by atoms with Gasteiger partial charge < -0.3 is 14.7 Å². The zero-order valence-corrected chi connectivity index (χ0v) is 23.7. The van der Waals surface area contributed by atoms with Gasteiger partial charge in [-0.3, -0.25) is 4.79 Å². The van der Waals surface area contributed by atoms with Gasteiger partial charge in [-0.25, -0.2) is 9.97 Å². The first-order valence-corrected chi connectivity index (χ1v) is 14.5. The Morgan fingerprint density at radius 1 is 0.919 bits per heavy atom. The maximum Gasteiger partial charge on any atom is 0.253 e. The summed E-state index contributed by atoms with van der Waals surface area (Å²) in [6.45, 7) is 9.12. The Bertz CT molecular complexity index is 1180. The number of aromatic nitrogens is 2. The minimum Gasteiger partial charge on any atom is -0.367 e. The minimum absolute atomic E-state index is 0.0975. The van der Waals surface area contributed by atoms with Crippen molar-refractivity contribution in [2.75, 3.05) is 49.1 Å². The summed E-state index contributed by atoms with van der Waals surface area (Å²) in [5.41, 5.74) is 2.90. The number of carbonyl (C=O) groups is 1. The first-order valence-electron chi connectivity index (χ1n) is 12.8. The number of halogens is 2. The van der Waals surface area contributed by atoms with Crippen LogP contribution >= 0.6 is 35.0 Å². The molecule has 9 heteroatoms. The number of benzene rings is 2. The van der Waals surface area contributed by atoms with Gasteiger partial charge in [0.15, 0.2) is 5.16 Å². The van der Waals surface area contributed by atoms with Crippen LogP contribution in [-0.2, 0) is 5.75 Å². The third-order valence-electron chi connectivity index (χ3n) is 6.30. The van der Waals surface area contributed by atoms with Crippen LogP contribution in [-0.4, -0.2) is 60.0 Å². The summed E-state index contributed by atoms with van der Waals surface area (Å²) in [5.74, 6) is 1.64. The number of anilines is 2. The fourth-order valence-corrected chi connectivity index (χ4v) is 5.72. The predicted molar refractivity (Wildman–Crippen MR) is 155 cm³/mol. The van der Waals surface area contributed by atoms with Gasteiger partial charge in [0.1, 0.15) is 11.0 Å². The fraction of sp³-hybridized carbons (Fsp3) is 0.393. The molecule has 2 heterocycles. The van der Waals surface area contributed by atoms with Crippen molar-refractivity contribution in [2.45, 2.75) is 37.6 Å². The van der Waals surface area contributed by atoms with Gasteiger partial charge in [-0.05, 0) is 42.7 Å². The lowest BCUT2D eigenvalue weighted by Gasteiger charge is -2.37. The second-order valence-electron chi connectivity index (χ2n) is 9.03. The molecule has 1 amide bonds. The van der Waals surface area contributed by atoms with E-state index in [1.807, 2.05) is 53.4 Å². The van der Waals surface area contributed by atoms with E-state index in [1.54, 1.807) is 11.8 Å². The molecule has 4 rings (SSSR count). The van der Waals surface area contributed by atoms with E-state index >= 15 is 0 Å². The Morgan fingerprint density at radius 2 is 1.57 bits per heavy atom. The molecule has 0 radical (unpaired) electrons. The van der Waals surface area contributed by atoms with Gasteiger partial charge in [-0.15, -0.1) is 0 Å². The Kier molecular flexibility index (Phi) is 9.95. The fourth-order valence-electron chi connectivity index (χ4n) is 4.43. The monoisotopic (exact) mass is 557 g/mol. The first kappa shape index (κ1) is 27.6. The van der Waals surface area contributed by atoms with E-state index in [4.69, 9.17) is 28.2 Å². The summed E-state index contributed by atoms with van der Waals surface area (Å²) in [5, 5.41) is 1.86. The molecule has 1 aromatic heterocycles. The van der Waals surface area contributed by atoms with Crippen LogP contribution in [0.25, 0.3) is 0 Å². The van der Waals surface area contributed by atoms with Crippen molar-refractivity contribution in [3.8, 4) is 0 Å². The van der Waals surface area contributed by atoms with Crippen molar-refractivity contribution >= 4 is 52.4 Å². The lowest BCUT2D eigenvalue weighted by atomic mass is 10.1. The standard InChI is InChI=1S/C28H33Cl2N5OS/c1-3-13-35(14-4-2)27(36)22-11-9-21(10-12-22)20-37-28-31-25(30)19-26(32-28)34-17-15-33(16-18-34)24-8-6-5-7-23(24)29/h5-12,19H,3-4,13-18,20H2,1-2H3. The van der Waals surface area contributed by atoms with E-state index in [0.717, 1.165) is 79.8 Å². The van der Waals surface area contributed by atoms with Crippen LogP contribution in [0.2, 0.25) is 10.2 Å². The molecule has 2 aromatic carbocycles. The Balaban J connectivity index is 1.35. The molecular formula is C28H33Cl2N5OS. The second kappa shape index (κ2) is 13.4. The summed E-state index contributed by atoms with van der Waals surface area (Å²) in [4.78, 5) is 28.5. The van der Waals surface area contributed by atoms with Gasteiger partial charge >= 0.3 is 0 Å². The van der Waals surface area contributed by atoms with Crippen LogP contribution in [0.1, 0.15) is 42.6 Å². The average molecular weight is 559 g/mol. The molecular weight excluding hydrogens is 525 g/mol. The van der Waals surface area contributed by atoms with Crippen LogP contribution in [0.5, 0.6) is 0 Å². The van der Waals surface area contributed by atoms with Crippen LogP contribution in [0.15, 0.2) is 59.8 Å². The summed E-state index contributed by atoms with van der Waals surface area (Å²) >= 11 is 14.3. The highest BCUT2D eigenvalue weighted by Gasteiger charge is 2.21. The van der Waals surface area contributed by atoms with E-state index in [2.05, 4.69) is 34.7 Å². The molecule has 3 aromatic rings. The van der Waals surface area contributed by atoms with Crippen LogP contribution in [0, 0.1) is 0 Å². The molecule has 0 unspecified atom stereocenters. The predicted octanol–water partition coefficient (Wildman–Crippen LogP) is 6.66. The summed E-state index contributed by atoms with van der Waals surface area (Å²) in [7, 11) is 0. The number of carbonyl (C=O) groups excluding carboxylic acids is 1. The molecule has 0 atom stereocenters. The number of hydrogen-bond acceptors (Lipinski definition) is 6. The highest BCUT2D eigenvalue weighted by atomic mass is 35.5. The third-order valence-corrected chi connectivity index (χ3v) is 7.73. The van der Waals surface area contributed by atoms with Gasteiger partial charge in [0.2, 0.25) is 0 Å². The Morgan fingerprint density at radius 3 is 2.22 bits per heavy atom. The largest absolute Gasteiger partial charge is 0.367 e. The van der Waals surface area contributed by atoms with Crippen molar-refractivity contribution < 1.29 is 4.79 Å². The number of piperazine rings is 1. The molecule has 1 aliphatic heterocycles. The van der Waals surface area contributed by atoms with Crippen molar-refractivity contribution in [2.24, 2.45) is 0 Å². The molecule has 1 saturated heterocycles. The average Bonchev–Trinajstić information content (AvgIpc) is 2.92. The molecule has 0 saturated carbocycles. The van der Waals surface area contributed by atoms with Crippen molar-refractivity contribution in [1.82, 2.24) is 14.9 Å². The van der Waals surface area contributed by atoms with E-state index in [-0.39, 0.29) is 5.91 Å². The molecule has 1 aliphatic rings. The normalized spacial score (nSPS) is 13.6. The SMILES string of the molecule is CCCN(CCC)C(=O)c1ccc(CSc2nc(Cl)cc(N3CCN(c4ccccc4Cl)CC3)n2)cc1. The first-order chi connectivity index (χ1) is 18.0. The van der Waals surface area contributed by atoms with Gasteiger partial charge in [0.25, 0.3) is 5.91 Å². The Hall–Kier alpha value is -2.48. The topological polar surface area (TPSA) is 52.6 Å². The van der Waals surface area contributed by atoms with Crippen molar-refractivity contribution in [3.05, 3.63) is 75.9 Å². The number of amides is 1. The van der Waals surface area contributed by atoms with Gasteiger partial charge in [0.05, 0.1) is 10.7 Å². The zero-order valence-electron chi connectivity index (χ0n) is 21.4. The molecule has 0 aliphatic carbocycles. The van der Waals surface area contributed by atoms with Gasteiger partial charge in [-0.1, -0.05) is 73.1 Å². The highest BCUT2D eigenvalue weighted by molar-refractivity contribution is 7.98. The van der Waals surface area contributed by atoms with Crippen LogP contribution < -0.4 is 9.80 Å². The summed E-state index contributed by atoms with van der Waals surface area (Å²) in [6.07, 6.45) is 1.91. The Labute approximate surface area is 234 Å². The van der Waals surface area contributed by atoms with Crippen molar-refractivity contribution in [3.63, 3.8) is 0 Å². The quantitative estimate of drug-likeness (QED) is 0.158. The van der Waals surface area contributed by atoms with Crippen molar-refractivity contribution in [1.29, 1.82) is 0 Å². The molecule has 0 bridgehead atoms. The summed E-state index contributed by atoms with van der Waals surface area (Å²) in [6, 6.07) is 17.6. The van der Waals surface area contributed by atoms with E-state index < -0.39 is 0 Å². The lowest BCUT2D eigenvalue weighted by molar-refractivity contribution is 0.0755. The smallest absolute Gasteiger partial charge is 0.253 e. The molecule has 0 N–H and O–H groups in total. The van der Waals surface area contributed by atoms with E-state index in [0.29, 0.717) is 16.1 Å². The van der Waals surface area contributed by atoms with Crippen LogP contribution in [0.3, 0.4) is 0 Å². The zero-order chi connectivity index (χ0) is 26.2. The second-order valence-corrected chi connectivity index (χ2v) is 10.8. The van der Waals surface area contributed by atoms with Crippen LogP contribution in [0.4, 0.5) is 11.5 Å². The molecule has 37 heavy (non-hydrogen) atoms. The summed E-state index contributed by atoms with van der Waals surface area (Å²) < 4.78 is 0.